The number of nitrogens with one attached hydrogen (secondary N) is 1. The molecule has 0 aliphatic heterocycles. The number of non-ortho nitro benzene ring substituents is 1. The highest BCUT2D eigenvalue weighted by molar-refractivity contribution is 7.99. The van der Waals surface area contributed by atoms with Crippen molar-refractivity contribution in [3.63, 3.8) is 0 Å². The normalized spacial score (nSPS) is 12.6. The molecule has 0 bridgehead atoms. The SMILES string of the molecule is CC[C@H](C)NC(=O)[C@H](CC)N(Cc1ccc(Cl)cc1Cl)C(=O)CSCc1ccc([N+](=O)[O-])cc1. The monoisotopic (exact) mass is 525 g/mol. The molecule has 10 heteroatoms. The number of nitro groups is 1. The molecule has 0 heterocycles. The molecule has 0 fully saturated rings. The Balaban J connectivity index is 2.16. The van der Waals surface area contributed by atoms with Gasteiger partial charge in [-0.3, -0.25) is 19.7 Å². The summed E-state index contributed by atoms with van der Waals surface area (Å²) in [6, 6.07) is 10.7. The van der Waals surface area contributed by atoms with Gasteiger partial charge in [-0.2, -0.15) is 0 Å². The van der Waals surface area contributed by atoms with E-state index in [0.29, 0.717) is 27.8 Å². The molecule has 2 rings (SSSR count). The van der Waals surface area contributed by atoms with Crippen LogP contribution in [-0.2, 0) is 21.9 Å². The van der Waals surface area contributed by atoms with E-state index in [0.717, 1.165) is 12.0 Å². The highest BCUT2D eigenvalue weighted by Gasteiger charge is 2.29. The van der Waals surface area contributed by atoms with E-state index >= 15 is 0 Å². The van der Waals surface area contributed by atoms with Crippen molar-refractivity contribution >= 4 is 52.5 Å². The fourth-order valence-corrected chi connectivity index (χ4v) is 4.59. The van der Waals surface area contributed by atoms with Gasteiger partial charge in [0.2, 0.25) is 11.8 Å². The zero-order valence-electron chi connectivity index (χ0n) is 19.4. The third-order valence-corrected chi connectivity index (χ3v) is 6.96. The van der Waals surface area contributed by atoms with Crippen molar-refractivity contribution in [1.82, 2.24) is 10.2 Å². The number of hydrogen-bond donors (Lipinski definition) is 1. The molecule has 2 aromatic carbocycles. The summed E-state index contributed by atoms with van der Waals surface area (Å²) in [5, 5.41) is 14.7. The van der Waals surface area contributed by atoms with Crippen LogP contribution in [0.2, 0.25) is 10.0 Å². The average molecular weight is 526 g/mol. The fourth-order valence-electron chi connectivity index (χ4n) is 3.25. The Kier molecular flexibility index (Phi) is 11.1. The van der Waals surface area contributed by atoms with E-state index in [1.165, 1.54) is 23.9 Å². The molecule has 1 N–H and O–H groups in total. The summed E-state index contributed by atoms with van der Waals surface area (Å²) in [4.78, 5) is 38.2. The molecule has 0 aromatic heterocycles. The van der Waals surface area contributed by atoms with Crippen molar-refractivity contribution in [3.05, 3.63) is 73.8 Å². The first kappa shape index (κ1) is 28.0. The van der Waals surface area contributed by atoms with E-state index in [2.05, 4.69) is 5.32 Å². The predicted octanol–water partition coefficient (Wildman–Crippen LogP) is 5.86. The molecule has 2 amide bonds. The molecule has 0 radical (unpaired) electrons. The van der Waals surface area contributed by atoms with Crippen molar-refractivity contribution in [2.24, 2.45) is 0 Å². The number of hydrogen-bond acceptors (Lipinski definition) is 5. The molecule has 0 unspecified atom stereocenters. The maximum absolute atomic E-state index is 13.3. The minimum Gasteiger partial charge on any atom is -0.352 e. The maximum atomic E-state index is 13.3. The van der Waals surface area contributed by atoms with Gasteiger partial charge < -0.3 is 10.2 Å². The van der Waals surface area contributed by atoms with Gasteiger partial charge in [-0.05, 0) is 43.0 Å². The van der Waals surface area contributed by atoms with E-state index in [4.69, 9.17) is 23.2 Å². The van der Waals surface area contributed by atoms with Crippen LogP contribution in [0.5, 0.6) is 0 Å². The molecule has 7 nitrogen and oxygen atoms in total. The van der Waals surface area contributed by atoms with Crippen LogP contribution in [0.4, 0.5) is 5.69 Å². The van der Waals surface area contributed by atoms with Crippen molar-refractivity contribution in [2.75, 3.05) is 5.75 Å². The van der Waals surface area contributed by atoms with E-state index < -0.39 is 11.0 Å². The Hall–Kier alpha value is -2.29. The summed E-state index contributed by atoms with van der Waals surface area (Å²) in [5.41, 5.74) is 1.60. The predicted molar refractivity (Wildman–Crippen MR) is 138 cm³/mol. The molecule has 0 spiro atoms. The molecule has 0 saturated heterocycles. The van der Waals surface area contributed by atoms with Crippen LogP contribution in [0, 0.1) is 10.1 Å². The second-order valence-electron chi connectivity index (χ2n) is 7.92. The Morgan fingerprint density at radius 3 is 2.35 bits per heavy atom. The third kappa shape index (κ3) is 8.18. The summed E-state index contributed by atoms with van der Waals surface area (Å²) >= 11 is 13.8. The minimum absolute atomic E-state index is 0.00543. The second-order valence-corrected chi connectivity index (χ2v) is 9.74. The lowest BCUT2D eigenvalue weighted by molar-refractivity contribution is -0.384. The van der Waals surface area contributed by atoms with Crippen molar-refractivity contribution in [1.29, 1.82) is 0 Å². The van der Waals surface area contributed by atoms with Gasteiger partial charge in [0, 0.05) is 40.5 Å². The molecule has 0 aliphatic rings. The minimum atomic E-state index is -0.645. The molecule has 184 valence electrons. The highest BCUT2D eigenvalue weighted by Crippen LogP contribution is 2.25. The Bertz CT molecular complexity index is 1000. The summed E-state index contributed by atoms with van der Waals surface area (Å²) in [6.45, 7) is 5.96. The number of carbonyl (C=O) groups is 2. The van der Waals surface area contributed by atoms with Gasteiger partial charge in [0.05, 0.1) is 10.7 Å². The number of nitro benzene ring substituents is 1. The van der Waals surface area contributed by atoms with Gasteiger partial charge >= 0.3 is 0 Å². The second kappa shape index (κ2) is 13.6. The quantitative estimate of drug-likeness (QED) is 0.276. The topological polar surface area (TPSA) is 92.6 Å². The number of nitrogens with zero attached hydrogens (tertiary/aromatic N) is 2. The molecule has 34 heavy (non-hydrogen) atoms. The van der Waals surface area contributed by atoms with Crippen LogP contribution in [0.1, 0.15) is 44.7 Å². The smallest absolute Gasteiger partial charge is 0.269 e. The van der Waals surface area contributed by atoms with Gasteiger partial charge in [-0.25, -0.2) is 0 Å². The first-order chi connectivity index (χ1) is 16.2. The zero-order valence-corrected chi connectivity index (χ0v) is 21.8. The van der Waals surface area contributed by atoms with Crippen LogP contribution in [-0.4, -0.2) is 39.5 Å². The number of benzene rings is 2. The molecule has 0 saturated carbocycles. The lowest BCUT2D eigenvalue weighted by Gasteiger charge is -2.31. The highest BCUT2D eigenvalue weighted by atomic mass is 35.5. The van der Waals surface area contributed by atoms with Crippen LogP contribution in [0.3, 0.4) is 0 Å². The lowest BCUT2D eigenvalue weighted by Crippen LogP contribution is -2.51. The number of carbonyl (C=O) groups excluding carboxylic acids is 2. The molecular formula is C24H29Cl2N3O4S. The standard InChI is InChI=1S/C24H29Cl2N3O4S/c1-4-16(3)27-24(31)22(5-2)28(13-18-8-9-19(25)12-21(18)26)23(30)15-34-14-17-6-10-20(11-7-17)29(32)33/h6-12,16,22H,4-5,13-15H2,1-3H3,(H,27,31)/t16-,22-/m0/s1. The van der Waals surface area contributed by atoms with E-state index in [1.54, 1.807) is 35.2 Å². The number of rotatable bonds is 12. The Morgan fingerprint density at radius 1 is 1.12 bits per heavy atom. The summed E-state index contributed by atoms with van der Waals surface area (Å²) in [5.74, 6) is 0.268. The summed E-state index contributed by atoms with van der Waals surface area (Å²) < 4.78 is 0. The molecule has 2 atom stereocenters. The first-order valence-corrected chi connectivity index (χ1v) is 12.9. The number of amides is 2. The largest absolute Gasteiger partial charge is 0.352 e. The van der Waals surface area contributed by atoms with Gasteiger partial charge in [-0.15, -0.1) is 11.8 Å². The molecule has 2 aromatic rings. The van der Waals surface area contributed by atoms with E-state index in [9.17, 15) is 19.7 Å². The van der Waals surface area contributed by atoms with Crippen LogP contribution in [0.25, 0.3) is 0 Å². The Morgan fingerprint density at radius 2 is 1.79 bits per heavy atom. The van der Waals surface area contributed by atoms with Gasteiger partial charge in [0.25, 0.3) is 5.69 Å². The van der Waals surface area contributed by atoms with Crippen molar-refractivity contribution in [3.8, 4) is 0 Å². The van der Waals surface area contributed by atoms with Gasteiger partial charge in [0.1, 0.15) is 6.04 Å². The third-order valence-electron chi connectivity index (χ3n) is 5.38. The summed E-state index contributed by atoms with van der Waals surface area (Å²) in [6.07, 6.45) is 1.23. The lowest BCUT2D eigenvalue weighted by atomic mass is 10.1. The number of thioether (sulfide) groups is 1. The van der Waals surface area contributed by atoms with Gasteiger partial charge in [0.15, 0.2) is 0 Å². The maximum Gasteiger partial charge on any atom is 0.269 e. The molecular weight excluding hydrogens is 497 g/mol. The van der Waals surface area contributed by atoms with Crippen molar-refractivity contribution in [2.45, 2.75) is 58.0 Å². The summed E-state index contributed by atoms with van der Waals surface area (Å²) in [7, 11) is 0. The van der Waals surface area contributed by atoms with E-state index in [1.807, 2.05) is 20.8 Å². The first-order valence-electron chi connectivity index (χ1n) is 11.0. The van der Waals surface area contributed by atoms with E-state index in [-0.39, 0.29) is 35.8 Å². The Labute approximate surface area is 214 Å². The average Bonchev–Trinajstić information content (AvgIpc) is 2.80. The number of halogens is 2. The fraction of sp³-hybridized carbons (Fsp3) is 0.417. The van der Waals surface area contributed by atoms with Crippen molar-refractivity contribution < 1.29 is 14.5 Å². The van der Waals surface area contributed by atoms with Crippen LogP contribution < -0.4 is 5.32 Å². The van der Waals surface area contributed by atoms with Gasteiger partial charge in [-0.1, -0.05) is 55.2 Å². The zero-order chi connectivity index (χ0) is 25.3. The van der Waals surface area contributed by atoms with Crippen LogP contribution >= 0.6 is 35.0 Å². The molecule has 0 aliphatic carbocycles. The van der Waals surface area contributed by atoms with Crippen LogP contribution in [0.15, 0.2) is 42.5 Å².